The zero-order valence-electron chi connectivity index (χ0n) is 7.85. The van der Waals surface area contributed by atoms with Gasteiger partial charge in [-0.05, 0) is 19.3 Å². The Hall–Kier alpha value is -1.69. The molecule has 0 saturated heterocycles. The molecule has 0 N–H and O–H groups in total. The van der Waals surface area contributed by atoms with E-state index in [4.69, 9.17) is 0 Å². The quantitative estimate of drug-likeness (QED) is 0.628. The van der Waals surface area contributed by atoms with E-state index in [0.29, 0.717) is 0 Å². The van der Waals surface area contributed by atoms with Gasteiger partial charge in [-0.1, -0.05) is 12.2 Å². The summed E-state index contributed by atoms with van der Waals surface area (Å²) in [5, 5.41) is 9.24. The maximum Gasteiger partial charge on any atom is 0.105 e. The SMILES string of the molecule is N#CC1(c2cnccn2)CC=CCC1. The van der Waals surface area contributed by atoms with Crippen molar-refractivity contribution in [3.05, 3.63) is 36.4 Å². The van der Waals surface area contributed by atoms with E-state index in [2.05, 4.69) is 28.2 Å². The molecule has 70 valence electrons. The van der Waals surface area contributed by atoms with Crippen molar-refractivity contribution < 1.29 is 0 Å². The van der Waals surface area contributed by atoms with Crippen LogP contribution < -0.4 is 0 Å². The molecule has 14 heavy (non-hydrogen) atoms. The van der Waals surface area contributed by atoms with E-state index in [0.717, 1.165) is 25.0 Å². The Balaban J connectivity index is 2.39. The lowest BCUT2D eigenvalue weighted by Crippen LogP contribution is -2.26. The molecule has 0 aliphatic heterocycles. The van der Waals surface area contributed by atoms with Gasteiger partial charge in [0.05, 0.1) is 18.0 Å². The van der Waals surface area contributed by atoms with E-state index >= 15 is 0 Å². The summed E-state index contributed by atoms with van der Waals surface area (Å²) in [7, 11) is 0. The van der Waals surface area contributed by atoms with Gasteiger partial charge in [-0.3, -0.25) is 9.97 Å². The van der Waals surface area contributed by atoms with Crippen LogP contribution in [0.1, 0.15) is 25.0 Å². The molecule has 0 aromatic carbocycles. The van der Waals surface area contributed by atoms with Gasteiger partial charge in [0.2, 0.25) is 0 Å². The highest BCUT2D eigenvalue weighted by molar-refractivity contribution is 5.27. The van der Waals surface area contributed by atoms with Crippen LogP contribution in [0, 0.1) is 11.3 Å². The van der Waals surface area contributed by atoms with Crippen molar-refractivity contribution in [2.75, 3.05) is 0 Å². The van der Waals surface area contributed by atoms with Crippen LogP contribution in [0.3, 0.4) is 0 Å². The molecule has 1 aromatic heterocycles. The minimum atomic E-state index is -0.441. The van der Waals surface area contributed by atoms with Crippen molar-refractivity contribution in [2.45, 2.75) is 24.7 Å². The highest BCUT2D eigenvalue weighted by atomic mass is 14.8. The van der Waals surface area contributed by atoms with Gasteiger partial charge >= 0.3 is 0 Å². The van der Waals surface area contributed by atoms with Gasteiger partial charge < -0.3 is 0 Å². The molecule has 3 heteroatoms. The molecule has 0 saturated carbocycles. The van der Waals surface area contributed by atoms with E-state index in [-0.39, 0.29) is 0 Å². The van der Waals surface area contributed by atoms with Crippen LogP contribution >= 0.6 is 0 Å². The Morgan fingerprint density at radius 2 is 2.29 bits per heavy atom. The van der Waals surface area contributed by atoms with Crippen molar-refractivity contribution in [1.29, 1.82) is 5.26 Å². The zero-order valence-corrected chi connectivity index (χ0v) is 7.85. The van der Waals surface area contributed by atoms with Crippen molar-refractivity contribution in [2.24, 2.45) is 0 Å². The predicted molar refractivity (Wildman–Crippen MR) is 52.3 cm³/mol. The van der Waals surface area contributed by atoms with E-state index in [1.54, 1.807) is 18.6 Å². The lowest BCUT2D eigenvalue weighted by atomic mass is 9.76. The number of aromatic nitrogens is 2. The maximum absolute atomic E-state index is 9.24. The molecule has 0 bridgehead atoms. The first kappa shape index (κ1) is 8.89. The molecule has 1 heterocycles. The van der Waals surface area contributed by atoms with Crippen LogP contribution in [-0.4, -0.2) is 9.97 Å². The third-order valence-electron chi connectivity index (χ3n) is 2.64. The summed E-state index contributed by atoms with van der Waals surface area (Å²) in [5.74, 6) is 0. The summed E-state index contributed by atoms with van der Waals surface area (Å²) in [6, 6.07) is 2.38. The van der Waals surface area contributed by atoms with Crippen LogP contribution in [-0.2, 0) is 5.41 Å². The summed E-state index contributed by atoms with van der Waals surface area (Å²) in [6.45, 7) is 0. The molecule has 1 aromatic rings. The minimum Gasteiger partial charge on any atom is -0.261 e. The van der Waals surface area contributed by atoms with Gasteiger partial charge in [-0.15, -0.1) is 0 Å². The fourth-order valence-electron chi connectivity index (χ4n) is 1.77. The van der Waals surface area contributed by atoms with E-state index in [9.17, 15) is 5.26 Å². The molecule has 0 fully saturated rings. The van der Waals surface area contributed by atoms with Crippen LogP contribution in [0.25, 0.3) is 0 Å². The summed E-state index contributed by atoms with van der Waals surface area (Å²) in [6.07, 6.45) is 11.7. The number of allylic oxidation sites excluding steroid dienone is 2. The van der Waals surface area contributed by atoms with Crippen molar-refractivity contribution in [1.82, 2.24) is 9.97 Å². The number of rotatable bonds is 1. The van der Waals surface area contributed by atoms with E-state index in [1.165, 1.54) is 0 Å². The van der Waals surface area contributed by atoms with Gasteiger partial charge in [0.15, 0.2) is 0 Å². The summed E-state index contributed by atoms with van der Waals surface area (Å²) >= 11 is 0. The van der Waals surface area contributed by atoms with Gasteiger partial charge in [-0.2, -0.15) is 5.26 Å². The number of hydrogen-bond donors (Lipinski definition) is 0. The number of nitriles is 1. The minimum absolute atomic E-state index is 0.441. The van der Waals surface area contributed by atoms with Crippen LogP contribution in [0.2, 0.25) is 0 Å². The van der Waals surface area contributed by atoms with Gasteiger partial charge in [-0.25, -0.2) is 0 Å². The zero-order chi connectivity index (χ0) is 9.86. The monoisotopic (exact) mass is 185 g/mol. The second-order valence-electron chi connectivity index (χ2n) is 3.50. The average molecular weight is 185 g/mol. The Morgan fingerprint density at radius 1 is 1.36 bits per heavy atom. The van der Waals surface area contributed by atoms with Crippen molar-refractivity contribution in [3.8, 4) is 6.07 Å². The summed E-state index contributed by atoms with van der Waals surface area (Å²) in [5.41, 5.74) is 0.357. The Kier molecular flexibility index (Phi) is 2.28. The topological polar surface area (TPSA) is 49.6 Å². The molecule has 1 unspecified atom stereocenters. The molecule has 2 rings (SSSR count). The second-order valence-corrected chi connectivity index (χ2v) is 3.50. The molecule has 0 amide bonds. The normalized spacial score (nSPS) is 25.6. The van der Waals surface area contributed by atoms with E-state index in [1.807, 2.05) is 0 Å². The molecule has 1 atom stereocenters. The second kappa shape index (κ2) is 3.59. The summed E-state index contributed by atoms with van der Waals surface area (Å²) < 4.78 is 0. The molecule has 1 aliphatic rings. The van der Waals surface area contributed by atoms with Crippen LogP contribution in [0.15, 0.2) is 30.7 Å². The predicted octanol–water partition coefficient (Wildman–Crippen LogP) is 1.98. The summed E-state index contributed by atoms with van der Waals surface area (Å²) in [4.78, 5) is 8.24. The third kappa shape index (κ3) is 1.39. The van der Waals surface area contributed by atoms with Crippen molar-refractivity contribution >= 4 is 0 Å². The van der Waals surface area contributed by atoms with E-state index < -0.39 is 5.41 Å². The molecule has 3 nitrogen and oxygen atoms in total. The third-order valence-corrected chi connectivity index (χ3v) is 2.64. The van der Waals surface area contributed by atoms with Gasteiger partial charge in [0.1, 0.15) is 5.41 Å². The molecule has 0 spiro atoms. The first-order valence-electron chi connectivity index (χ1n) is 4.70. The fourth-order valence-corrected chi connectivity index (χ4v) is 1.77. The standard InChI is InChI=1S/C11H11N3/c12-9-11(4-2-1-3-5-11)10-8-13-6-7-14-10/h1-2,6-8H,3-5H2. The van der Waals surface area contributed by atoms with Crippen molar-refractivity contribution in [3.63, 3.8) is 0 Å². The Bertz CT molecular complexity index is 377. The molecule has 1 aliphatic carbocycles. The maximum atomic E-state index is 9.24. The highest BCUT2D eigenvalue weighted by Crippen LogP contribution is 2.34. The molecule has 0 radical (unpaired) electrons. The number of hydrogen-bond acceptors (Lipinski definition) is 3. The lowest BCUT2D eigenvalue weighted by molar-refractivity contribution is 0.480. The van der Waals surface area contributed by atoms with Gasteiger partial charge in [0.25, 0.3) is 0 Å². The lowest BCUT2D eigenvalue weighted by Gasteiger charge is -2.26. The van der Waals surface area contributed by atoms with Crippen LogP contribution in [0.5, 0.6) is 0 Å². The smallest absolute Gasteiger partial charge is 0.105 e. The first-order chi connectivity index (χ1) is 6.87. The van der Waals surface area contributed by atoms with Gasteiger partial charge in [0, 0.05) is 12.4 Å². The average Bonchev–Trinajstić information content (AvgIpc) is 2.31. The highest BCUT2D eigenvalue weighted by Gasteiger charge is 2.33. The molecular formula is C11H11N3. The molecular weight excluding hydrogens is 174 g/mol. The number of nitrogens with zero attached hydrogens (tertiary/aromatic N) is 3. The fraction of sp³-hybridized carbons (Fsp3) is 0.364. The first-order valence-corrected chi connectivity index (χ1v) is 4.70. The van der Waals surface area contributed by atoms with Crippen LogP contribution in [0.4, 0.5) is 0 Å². The Labute approximate surface area is 83.1 Å². The largest absolute Gasteiger partial charge is 0.261 e. The Morgan fingerprint density at radius 3 is 2.86 bits per heavy atom.